The molecule has 0 bridgehead atoms. The maximum Gasteiger partial charge on any atom is 0.212 e. The van der Waals surface area contributed by atoms with Crippen LogP contribution in [0.5, 0.6) is 0 Å². The largest absolute Gasteiger partial charge is 0.269 e. The van der Waals surface area contributed by atoms with E-state index in [1.165, 1.54) is 11.9 Å². The Morgan fingerprint density at radius 2 is 1.67 bits per heavy atom. The summed E-state index contributed by atoms with van der Waals surface area (Å²) in [5, 5.41) is 4.56. The second kappa shape index (κ2) is 8.24. The molecule has 0 fully saturated rings. The van der Waals surface area contributed by atoms with Crippen molar-refractivity contribution in [2.45, 2.75) is 105 Å². The fraction of sp³-hybridized carbons (Fsp3) is 0.857. The Labute approximate surface area is 167 Å². The lowest BCUT2D eigenvalue weighted by Gasteiger charge is -2.46. The maximum atomic E-state index is 12.6. The van der Waals surface area contributed by atoms with Gasteiger partial charge in [0.2, 0.25) is 10.0 Å². The van der Waals surface area contributed by atoms with E-state index in [0.717, 1.165) is 25.8 Å². The molecule has 1 unspecified atom stereocenters. The first kappa shape index (κ1) is 24.2. The zero-order valence-corrected chi connectivity index (χ0v) is 19.9. The minimum atomic E-state index is -3.32. The number of sulfonamides is 1. The second-order valence-electron chi connectivity index (χ2n) is 10.5. The Hall–Kier alpha value is -0.880. The summed E-state index contributed by atoms with van der Waals surface area (Å²) < 4.78 is 28.9. The van der Waals surface area contributed by atoms with Crippen LogP contribution in [0.25, 0.3) is 0 Å². The van der Waals surface area contributed by atoms with E-state index < -0.39 is 21.1 Å². The fourth-order valence-electron chi connectivity index (χ4n) is 4.67. The van der Waals surface area contributed by atoms with Gasteiger partial charge in [0.25, 0.3) is 0 Å². The molecule has 0 aliphatic carbocycles. The van der Waals surface area contributed by atoms with Gasteiger partial charge in [-0.1, -0.05) is 34.1 Å². The lowest BCUT2D eigenvalue weighted by molar-refractivity contribution is 0.0950. The highest BCUT2D eigenvalue weighted by molar-refractivity contribution is 7.88. The summed E-state index contributed by atoms with van der Waals surface area (Å²) in [6, 6.07) is 2.09. The van der Waals surface area contributed by atoms with Crippen molar-refractivity contribution in [3.05, 3.63) is 18.0 Å². The van der Waals surface area contributed by atoms with Crippen LogP contribution in [0.2, 0.25) is 0 Å². The average molecular weight is 400 g/mol. The highest BCUT2D eigenvalue weighted by Crippen LogP contribution is 2.35. The molecule has 158 valence electrons. The lowest BCUT2D eigenvalue weighted by Crippen LogP contribution is -2.57. The van der Waals surface area contributed by atoms with Gasteiger partial charge in [0.1, 0.15) is 0 Å². The van der Waals surface area contributed by atoms with Gasteiger partial charge >= 0.3 is 0 Å². The summed E-state index contributed by atoms with van der Waals surface area (Å²) in [6.07, 6.45) is 6.11. The van der Waals surface area contributed by atoms with Gasteiger partial charge < -0.3 is 0 Å². The Bertz CT molecular complexity index is 707. The molecule has 0 saturated heterocycles. The molecule has 0 N–H and O–H groups in total. The molecule has 1 atom stereocenters. The predicted octanol–water partition coefficient (Wildman–Crippen LogP) is 4.83. The third-order valence-electron chi connectivity index (χ3n) is 4.89. The van der Waals surface area contributed by atoms with Gasteiger partial charge in [-0.15, -0.1) is 0 Å². The molecule has 5 nitrogen and oxygen atoms in total. The van der Waals surface area contributed by atoms with Crippen LogP contribution in [-0.2, 0) is 22.0 Å². The summed E-state index contributed by atoms with van der Waals surface area (Å²) in [7, 11) is -3.32. The number of nitrogens with zero attached hydrogens (tertiary/aromatic N) is 3. The third-order valence-corrected chi connectivity index (χ3v) is 6.60. The van der Waals surface area contributed by atoms with Crippen LogP contribution in [0.1, 0.15) is 87.3 Å². The van der Waals surface area contributed by atoms with Crippen molar-refractivity contribution in [2.24, 2.45) is 5.92 Å². The molecule has 27 heavy (non-hydrogen) atoms. The summed E-state index contributed by atoms with van der Waals surface area (Å²) in [5.74, 6) is 0.359. The van der Waals surface area contributed by atoms with E-state index in [9.17, 15) is 8.42 Å². The molecule has 0 saturated carbocycles. The molecule has 6 heteroatoms. The van der Waals surface area contributed by atoms with Crippen molar-refractivity contribution in [1.82, 2.24) is 14.1 Å². The van der Waals surface area contributed by atoms with Crippen LogP contribution in [0.3, 0.4) is 0 Å². The first-order chi connectivity index (χ1) is 12.0. The van der Waals surface area contributed by atoms with Crippen molar-refractivity contribution in [3.63, 3.8) is 0 Å². The topological polar surface area (TPSA) is 55.2 Å². The standard InChI is InChI=1S/C21H41N3O2S/c1-11-12-17(16-23-18(13-14-22-23)19(2,3)4)15-21(8,9)24(20(5,6)7)27(10,25)26/h13-14,17H,11-12,15-16H2,1-10H3. The molecule has 1 heterocycles. The van der Waals surface area contributed by atoms with E-state index in [-0.39, 0.29) is 5.41 Å². The minimum Gasteiger partial charge on any atom is -0.269 e. The molecule has 0 aromatic carbocycles. The quantitative estimate of drug-likeness (QED) is 0.629. The lowest BCUT2D eigenvalue weighted by atomic mass is 9.85. The summed E-state index contributed by atoms with van der Waals surface area (Å²) >= 11 is 0. The molecule has 0 amide bonds. The van der Waals surface area contributed by atoms with Gasteiger partial charge in [-0.2, -0.15) is 9.40 Å². The van der Waals surface area contributed by atoms with E-state index in [0.29, 0.717) is 5.92 Å². The molecular formula is C21H41N3O2S. The average Bonchev–Trinajstić information content (AvgIpc) is 2.81. The van der Waals surface area contributed by atoms with E-state index >= 15 is 0 Å². The molecule has 1 rings (SSSR count). The molecule has 1 aromatic heterocycles. The first-order valence-electron chi connectivity index (χ1n) is 10.0. The number of hydrogen-bond donors (Lipinski definition) is 0. The van der Waals surface area contributed by atoms with Gasteiger partial charge in [0.05, 0.1) is 6.26 Å². The van der Waals surface area contributed by atoms with Crippen LogP contribution in [0.15, 0.2) is 12.3 Å². The molecular weight excluding hydrogens is 358 g/mol. The fourth-order valence-corrected chi connectivity index (χ4v) is 6.64. The van der Waals surface area contributed by atoms with E-state index in [4.69, 9.17) is 0 Å². The van der Waals surface area contributed by atoms with Gasteiger partial charge in [-0.25, -0.2) is 8.42 Å². The third kappa shape index (κ3) is 6.60. The van der Waals surface area contributed by atoms with Crippen molar-refractivity contribution in [1.29, 1.82) is 0 Å². The van der Waals surface area contributed by atoms with Crippen molar-refractivity contribution >= 4 is 10.0 Å². The van der Waals surface area contributed by atoms with Crippen LogP contribution in [-0.4, -0.2) is 39.8 Å². The molecule has 1 aromatic rings. The molecule has 0 aliphatic rings. The minimum absolute atomic E-state index is 0.0347. The smallest absolute Gasteiger partial charge is 0.212 e. The maximum absolute atomic E-state index is 12.6. The Morgan fingerprint density at radius 3 is 2.07 bits per heavy atom. The van der Waals surface area contributed by atoms with Crippen LogP contribution < -0.4 is 0 Å². The van der Waals surface area contributed by atoms with Crippen molar-refractivity contribution in [3.8, 4) is 0 Å². The van der Waals surface area contributed by atoms with Crippen LogP contribution >= 0.6 is 0 Å². The molecule has 0 spiro atoms. The number of hydrogen-bond acceptors (Lipinski definition) is 3. The monoisotopic (exact) mass is 399 g/mol. The van der Waals surface area contributed by atoms with Gasteiger partial charge in [0.15, 0.2) is 0 Å². The highest BCUT2D eigenvalue weighted by atomic mass is 32.2. The number of aromatic nitrogens is 2. The summed E-state index contributed by atoms with van der Waals surface area (Å²) in [4.78, 5) is 0. The van der Waals surface area contributed by atoms with E-state index in [1.807, 2.05) is 27.0 Å². The molecule has 0 aliphatic heterocycles. The number of rotatable bonds is 8. The Balaban J connectivity index is 3.17. The first-order valence-corrected chi connectivity index (χ1v) is 11.9. The van der Waals surface area contributed by atoms with Gasteiger partial charge in [-0.3, -0.25) is 4.68 Å². The van der Waals surface area contributed by atoms with Crippen molar-refractivity contribution in [2.75, 3.05) is 6.26 Å². The SMILES string of the molecule is CCCC(Cn1nccc1C(C)(C)C)CC(C)(C)N(C(C)(C)C)S(C)(=O)=O. The second-order valence-corrected chi connectivity index (χ2v) is 12.3. The van der Waals surface area contributed by atoms with Crippen molar-refractivity contribution < 1.29 is 8.42 Å². The summed E-state index contributed by atoms with van der Waals surface area (Å²) in [5.41, 5.74) is 0.321. The summed E-state index contributed by atoms with van der Waals surface area (Å²) in [6.45, 7) is 19.6. The molecule has 0 radical (unpaired) electrons. The Kier molecular flexibility index (Phi) is 7.37. The van der Waals surface area contributed by atoms with E-state index in [2.05, 4.69) is 57.4 Å². The predicted molar refractivity (Wildman–Crippen MR) is 114 cm³/mol. The Morgan fingerprint density at radius 1 is 1.11 bits per heavy atom. The zero-order chi connectivity index (χ0) is 21.3. The van der Waals surface area contributed by atoms with Gasteiger partial charge in [0, 0.05) is 34.9 Å². The van der Waals surface area contributed by atoms with Crippen LogP contribution in [0, 0.1) is 5.92 Å². The zero-order valence-electron chi connectivity index (χ0n) is 19.1. The van der Waals surface area contributed by atoms with Gasteiger partial charge in [-0.05, 0) is 59.4 Å². The van der Waals surface area contributed by atoms with E-state index in [1.54, 1.807) is 4.31 Å². The normalized spacial score (nSPS) is 15.4. The highest BCUT2D eigenvalue weighted by Gasteiger charge is 2.42. The van der Waals surface area contributed by atoms with Crippen LogP contribution in [0.4, 0.5) is 0 Å².